The van der Waals surface area contributed by atoms with Crippen LogP contribution in [0.5, 0.6) is 0 Å². The average Bonchev–Trinajstić information content (AvgIpc) is 3.02. The Labute approximate surface area is 92.1 Å². The van der Waals surface area contributed by atoms with E-state index < -0.39 is 0 Å². The minimum atomic E-state index is 0.510. The van der Waals surface area contributed by atoms with Gasteiger partial charge < -0.3 is 5.32 Å². The fourth-order valence-electron chi connectivity index (χ4n) is 2.12. The fourth-order valence-corrected chi connectivity index (χ4v) is 2.12. The minimum Gasteiger partial charge on any atom is -0.310 e. The molecule has 1 aliphatic carbocycles. The van der Waals surface area contributed by atoms with E-state index in [-0.39, 0.29) is 0 Å². The van der Waals surface area contributed by atoms with Crippen molar-refractivity contribution in [1.29, 1.82) is 0 Å². The van der Waals surface area contributed by atoms with Gasteiger partial charge in [-0.1, -0.05) is 25.8 Å². The first-order valence-electron chi connectivity index (χ1n) is 5.96. The Bertz CT molecular complexity index is 318. The Morgan fingerprint density at radius 1 is 1.53 bits per heavy atom. The lowest BCUT2D eigenvalue weighted by molar-refractivity contribution is 0.483. The number of aromatic nitrogens is 1. The number of nitrogens with zero attached hydrogens (tertiary/aromatic N) is 1. The molecule has 1 saturated carbocycles. The summed E-state index contributed by atoms with van der Waals surface area (Å²) in [5, 5.41) is 3.57. The summed E-state index contributed by atoms with van der Waals surface area (Å²) >= 11 is 0. The molecule has 0 spiro atoms. The van der Waals surface area contributed by atoms with Gasteiger partial charge in [-0.05, 0) is 37.4 Å². The van der Waals surface area contributed by atoms with Crippen LogP contribution in [-0.2, 0) is 0 Å². The van der Waals surface area contributed by atoms with Crippen LogP contribution in [0.2, 0.25) is 0 Å². The Balaban J connectivity index is 2.11. The molecule has 1 aromatic rings. The smallest absolute Gasteiger partial charge is 0.0420 e. The van der Waals surface area contributed by atoms with Gasteiger partial charge in [0.15, 0.2) is 0 Å². The van der Waals surface area contributed by atoms with Crippen molar-refractivity contribution in [2.75, 3.05) is 6.54 Å². The number of hydrogen-bond donors (Lipinski definition) is 1. The van der Waals surface area contributed by atoms with Crippen LogP contribution in [0.3, 0.4) is 0 Å². The zero-order valence-corrected chi connectivity index (χ0v) is 9.66. The highest BCUT2D eigenvalue weighted by Gasteiger charge is 2.26. The van der Waals surface area contributed by atoms with Crippen LogP contribution in [-0.4, -0.2) is 11.5 Å². The molecule has 15 heavy (non-hydrogen) atoms. The van der Waals surface area contributed by atoms with Crippen LogP contribution in [0.1, 0.15) is 43.5 Å². The summed E-state index contributed by atoms with van der Waals surface area (Å²) in [6.45, 7) is 5.31. The largest absolute Gasteiger partial charge is 0.310 e. The van der Waals surface area contributed by atoms with Gasteiger partial charge in [-0.2, -0.15) is 0 Å². The predicted octanol–water partition coefficient (Wildman–Crippen LogP) is 2.84. The molecule has 1 heterocycles. The van der Waals surface area contributed by atoms with Crippen LogP contribution in [0, 0.1) is 12.8 Å². The third kappa shape index (κ3) is 2.78. The Morgan fingerprint density at radius 3 is 2.93 bits per heavy atom. The molecule has 1 N–H and O–H groups in total. The molecule has 0 radical (unpaired) electrons. The van der Waals surface area contributed by atoms with E-state index in [4.69, 9.17) is 0 Å². The second-order valence-electron chi connectivity index (χ2n) is 4.47. The van der Waals surface area contributed by atoms with Gasteiger partial charge in [0.1, 0.15) is 0 Å². The summed E-state index contributed by atoms with van der Waals surface area (Å²) in [6, 6.07) is 4.76. The van der Waals surface area contributed by atoms with E-state index in [0.717, 1.165) is 12.5 Å². The van der Waals surface area contributed by atoms with E-state index in [1.807, 2.05) is 12.3 Å². The quantitative estimate of drug-likeness (QED) is 0.797. The molecular weight excluding hydrogens is 184 g/mol. The molecule has 0 saturated heterocycles. The molecule has 2 nitrogen and oxygen atoms in total. The first-order chi connectivity index (χ1) is 7.31. The van der Waals surface area contributed by atoms with Crippen molar-refractivity contribution >= 4 is 0 Å². The predicted molar refractivity (Wildman–Crippen MR) is 62.7 cm³/mol. The lowest BCUT2D eigenvalue weighted by Crippen LogP contribution is -2.22. The molecule has 0 aliphatic heterocycles. The molecule has 0 bridgehead atoms. The fraction of sp³-hybridized carbons (Fsp3) is 0.615. The Morgan fingerprint density at radius 2 is 2.33 bits per heavy atom. The molecule has 0 aromatic carbocycles. The number of pyridine rings is 1. The molecular formula is C13H20N2. The zero-order chi connectivity index (χ0) is 10.7. The van der Waals surface area contributed by atoms with Gasteiger partial charge in [0.25, 0.3) is 0 Å². The maximum atomic E-state index is 4.37. The first-order valence-corrected chi connectivity index (χ1v) is 5.96. The van der Waals surface area contributed by atoms with E-state index in [0.29, 0.717) is 6.04 Å². The van der Waals surface area contributed by atoms with Crippen molar-refractivity contribution in [3.8, 4) is 0 Å². The molecule has 2 heteroatoms. The SMILES string of the molecule is CCNC(CC1CC1)c1cccnc1C. The van der Waals surface area contributed by atoms with E-state index in [1.54, 1.807) is 0 Å². The van der Waals surface area contributed by atoms with Crippen molar-refractivity contribution in [2.45, 2.75) is 39.2 Å². The zero-order valence-electron chi connectivity index (χ0n) is 9.66. The first kappa shape index (κ1) is 10.6. The van der Waals surface area contributed by atoms with Gasteiger partial charge in [-0.3, -0.25) is 4.98 Å². The van der Waals surface area contributed by atoms with E-state index in [2.05, 4.69) is 30.2 Å². The van der Waals surface area contributed by atoms with Gasteiger partial charge in [0.2, 0.25) is 0 Å². The molecule has 0 amide bonds. The minimum absolute atomic E-state index is 0.510. The van der Waals surface area contributed by atoms with Gasteiger partial charge in [0.05, 0.1) is 0 Å². The van der Waals surface area contributed by atoms with E-state index in [1.165, 1.54) is 30.5 Å². The summed E-state index contributed by atoms with van der Waals surface area (Å²) in [6.07, 6.45) is 5.99. The molecule has 1 aromatic heterocycles. The molecule has 2 rings (SSSR count). The van der Waals surface area contributed by atoms with Gasteiger partial charge in [-0.25, -0.2) is 0 Å². The van der Waals surface area contributed by atoms with Crippen LogP contribution in [0.25, 0.3) is 0 Å². The van der Waals surface area contributed by atoms with Crippen molar-refractivity contribution in [1.82, 2.24) is 10.3 Å². The number of hydrogen-bond acceptors (Lipinski definition) is 2. The van der Waals surface area contributed by atoms with Crippen molar-refractivity contribution in [2.24, 2.45) is 5.92 Å². The van der Waals surface area contributed by atoms with E-state index in [9.17, 15) is 0 Å². The van der Waals surface area contributed by atoms with E-state index >= 15 is 0 Å². The highest BCUT2D eigenvalue weighted by molar-refractivity contribution is 5.22. The standard InChI is InChI=1S/C13H20N2/c1-3-14-13(9-11-6-7-11)12-5-4-8-15-10(12)2/h4-5,8,11,13-14H,3,6-7,9H2,1-2H3. The average molecular weight is 204 g/mol. The second kappa shape index (κ2) is 4.75. The van der Waals surface area contributed by atoms with Gasteiger partial charge >= 0.3 is 0 Å². The lowest BCUT2D eigenvalue weighted by Gasteiger charge is -2.19. The summed E-state index contributed by atoms with van der Waals surface area (Å²) in [4.78, 5) is 4.37. The van der Waals surface area contributed by atoms with Crippen molar-refractivity contribution in [3.63, 3.8) is 0 Å². The molecule has 1 fully saturated rings. The van der Waals surface area contributed by atoms with Crippen LogP contribution < -0.4 is 5.32 Å². The Kier molecular flexibility index (Phi) is 3.37. The summed E-state index contributed by atoms with van der Waals surface area (Å²) in [5.41, 5.74) is 2.55. The Hall–Kier alpha value is -0.890. The monoisotopic (exact) mass is 204 g/mol. The summed E-state index contributed by atoms with van der Waals surface area (Å²) in [7, 11) is 0. The molecule has 1 unspecified atom stereocenters. The lowest BCUT2D eigenvalue weighted by atomic mass is 10.00. The molecule has 82 valence electrons. The molecule has 1 aliphatic rings. The topological polar surface area (TPSA) is 24.9 Å². The van der Waals surface area contributed by atoms with Crippen molar-refractivity contribution < 1.29 is 0 Å². The number of rotatable bonds is 5. The number of aryl methyl sites for hydroxylation is 1. The number of nitrogens with one attached hydrogen (secondary N) is 1. The van der Waals surface area contributed by atoms with Gasteiger partial charge in [-0.15, -0.1) is 0 Å². The van der Waals surface area contributed by atoms with Crippen LogP contribution >= 0.6 is 0 Å². The summed E-state index contributed by atoms with van der Waals surface area (Å²) < 4.78 is 0. The van der Waals surface area contributed by atoms with Gasteiger partial charge in [0, 0.05) is 17.9 Å². The van der Waals surface area contributed by atoms with Crippen molar-refractivity contribution in [3.05, 3.63) is 29.6 Å². The maximum Gasteiger partial charge on any atom is 0.0420 e. The third-order valence-electron chi connectivity index (χ3n) is 3.14. The maximum absolute atomic E-state index is 4.37. The molecule has 1 atom stereocenters. The summed E-state index contributed by atoms with van der Waals surface area (Å²) in [5.74, 6) is 0.952. The normalized spacial score (nSPS) is 17.7. The highest BCUT2D eigenvalue weighted by atomic mass is 14.9. The van der Waals surface area contributed by atoms with Crippen LogP contribution in [0.4, 0.5) is 0 Å². The second-order valence-corrected chi connectivity index (χ2v) is 4.47. The highest BCUT2D eigenvalue weighted by Crippen LogP contribution is 2.37. The third-order valence-corrected chi connectivity index (χ3v) is 3.14. The van der Waals surface area contributed by atoms with Crippen LogP contribution in [0.15, 0.2) is 18.3 Å².